The Morgan fingerprint density at radius 1 is 1.00 bits per heavy atom. The van der Waals surface area contributed by atoms with E-state index >= 15 is 4.39 Å². The van der Waals surface area contributed by atoms with E-state index in [1.165, 1.54) is 22.8 Å². The molecule has 0 spiro atoms. The summed E-state index contributed by atoms with van der Waals surface area (Å²) < 4.78 is 17.7. The maximum absolute atomic E-state index is 17.7. The van der Waals surface area contributed by atoms with Crippen molar-refractivity contribution in [2.24, 2.45) is 0 Å². The van der Waals surface area contributed by atoms with E-state index in [2.05, 4.69) is 91.3 Å². The molecular formula is C41H49ClFN9O. The Balaban J connectivity index is 1.39. The highest BCUT2D eigenvalue weighted by atomic mass is 35.5. The SMILES string of the molecule is C=CC(=O)N1C[C@H](C)N(c2nc(N3CC(N(C)C)C3)nc3c(F)c(-c4c(C)ccc5[nH]nc(N(CC)Cc6ccc(C)c(C)c6)c45)c(Cl)cc23)C[C@H]1C. The van der Waals surface area contributed by atoms with Crippen molar-refractivity contribution in [3.8, 4) is 11.1 Å². The Morgan fingerprint density at radius 3 is 2.42 bits per heavy atom. The molecule has 2 fully saturated rings. The molecule has 0 aliphatic carbocycles. The number of nitrogens with zero attached hydrogens (tertiary/aromatic N) is 8. The molecule has 1 N–H and O–H groups in total. The van der Waals surface area contributed by atoms with Gasteiger partial charge in [-0.25, -0.2) is 9.37 Å². The number of likely N-dealkylation sites (N-methyl/N-ethyl adjacent to an activating group) is 1. The second-order valence-corrected chi connectivity index (χ2v) is 15.4. The number of hydrogen-bond acceptors (Lipinski definition) is 8. The normalized spacial score (nSPS) is 18.0. The summed E-state index contributed by atoms with van der Waals surface area (Å²) in [6, 6.07) is 12.4. The zero-order valence-electron chi connectivity index (χ0n) is 32.0. The quantitative estimate of drug-likeness (QED) is 0.158. The zero-order valence-corrected chi connectivity index (χ0v) is 32.7. The first-order valence-corrected chi connectivity index (χ1v) is 18.8. The second kappa shape index (κ2) is 14.2. The lowest BCUT2D eigenvalue weighted by atomic mass is 9.94. The lowest BCUT2D eigenvalue weighted by Crippen LogP contribution is -2.59. The van der Waals surface area contributed by atoms with Crippen molar-refractivity contribution < 1.29 is 9.18 Å². The number of benzene rings is 3. The van der Waals surface area contributed by atoms with Crippen LogP contribution in [0.3, 0.4) is 0 Å². The van der Waals surface area contributed by atoms with Crippen molar-refractivity contribution in [3.05, 3.63) is 82.1 Å². The van der Waals surface area contributed by atoms with Gasteiger partial charge in [-0.3, -0.25) is 9.89 Å². The summed E-state index contributed by atoms with van der Waals surface area (Å²) in [6.45, 7) is 19.9. The smallest absolute Gasteiger partial charge is 0.246 e. The van der Waals surface area contributed by atoms with Crippen molar-refractivity contribution in [2.75, 3.05) is 61.5 Å². The highest BCUT2D eigenvalue weighted by molar-refractivity contribution is 6.35. The number of aromatic nitrogens is 4. The molecule has 12 heteroatoms. The largest absolute Gasteiger partial charge is 0.351 e. The molecule has 53 heavy (non-hydrogen) atoms. The van der Waals surface area contributed by atoms with E-state index in [1.54, 1.807) is 0 Å². The van der Waals surface area contributed by atoms with E-state index in [-0.39, 0.29) is 28.5 Å². The lowest BCUT2D eigenvalue weighted by molar-refractivity contribution is -0.128. The van der Waals surface area contributed by atoms with E-state index < -0.39 is 5.82 Å². The molecule has 3 aromatic carbocycles. The van der Waals surface area contributed by atoms with Crippen LogP contribution in [0.5, 0.6) is 0 Å². The van der Waals surface area contributed by atoms with Crippen LogP contribution in [0.25, 0.3) is 32.9 Å². The maximum Gasteiger partial charge on any atom is 0.246 e. The average molecular weight is 738 g/mol. The van der Waals surface area contributed by atoms with Gasteiger partial charge in [0.25, 0.3) is 0 Å². The maximum atomic E-state index is 17.7. The van der Waals surface area contributed by atoms with Gasteiger partial charge in [-0.1, -0.05) is 42.4 Å². The first kappa shape index (κ1) is 36.6. The fourth-order valence-corrected chi connectivity index (χ4v) is 8.05. The topological polar surface area (TPSA) is 87.7 Å². The molecule has 0 unspecified atom stereocenters. The molecular weight excluding hydrogens is 689 g/mol. The number of aromatic amines is 1. The van der Waals surface area contributed by atoms with Crippen LogP contribution in [0.2, 0.25) is 5.02 Å². The number of aryl methyl sites for hydroxylation is 3. The van der Waals surface area contributed by atoms with E-state index in [0.717, 1.165) is 35.4 Å². The molecule has 2 aliphatic rings. The number of anilines is 3. The standard InChI is InChI=1S/C41H49ClFN9O/c1-10-33(53)51-18-27(7)52(19-26(51)6)39-30-17-31(42)35(37(43)38(30)44-41(45-39)50-21-29(22-50)48(8)9)34-24(4)13-15-32-36(34)40(47-46-32)49(11-2)20-28-14-12-23(3)25(5)16-28/h10,12-17,26-27,29H,1,11,18-22H2,2-9H3,(H,46,47)/t26-,27+/m1/s1. The van der Waals surface area contributed by atoms with Crippen LogP contribution in [-0.2, 0) is 11.3 Å². The van der Waals surface area contributed by atoms with Gasteiger partial charge < -0.3 is 24.5 Å². The highest BCUT2D eigenvalue weighted by Crippen LogP contribution is 2.45. The van der Waals surface area contributed by atoms with Gasteiger partial charge in [0, 0.05) is 73.9 Å². The number of rotatable bonds is 9. The van der Waals surface area contributed by atoms with Crippen LogP contribution < -0.4 is 14.7 Å². The monoisotopic (exact) mass is 737 g/mol. The molecule has 1 amide bonds. The minimum atomic E-state index is -0.497. The molecule has 0 radical (unpaired) electrons. The predicted octanol–water partition coefficient (Wildman–Crippen LogP) is 7.28. The predicted molar refractivity (Wildman–Crippen MR) is 215 cm³/mol. The summed E-state index contributed by atoms with van der Waals surface area (Å²) in [5.74, 6) is 1.23. The number of nitrogens with one attached hydrogen (secondary N) is 1. The van der Waals surface area contributed by atoms with E-state index in [1.807, 2.05) is 36.9 Å². The van der Waals surface area contributed by atoms with Crippen molar-refractivity contribution in [3.63, 3.8) is 0 Å². The third-order valence-corrected chi connectivity index (χ3v) is 11.5. The third kappa shape index (κ3) is 6.48. The average Bonchev–Trinajstić information content (AvgIpc) is 3.53. The van der Waals surface area contributed by atoms with Crippen LogP contribution in [-0.4, -0.2) is 101 Å². The van der Waals surface area contributed by atoms with Gasteiger partial charge in [-0.2, -0.15) is 10.1 Å². The number of piperazine rings is 1. The molecule has 2 aliphatic heterocycles. The lowest BCUT2D eigenvalue weighted by Gasteiger charge is -2.45. The van der Waals surface area contributed by atoms with E-state index in [9.17, 15) is 4.79 Å². The molecule has 7 rings (SSSR count). The number of halogens is 2. The van der Waals surface area contributed by atoms with Crippen LogP contribution in [0.15, 0.2) is 49.1 Å². The minimum absolute atomic E-state index is 0.102. The van der Waals surface area contributed by atoms with E-state index in [0.29, 0.717) is 60.5 Å². The number of amides is 1. The summed E-state index contributed by atoms with van der Waals surface area (Å²) in [5, 5.41) is 9.64. The summed E-state index contributed by atoms with van der Waals surface area (Å²) in [4.78, 5) is 33.2. The van der Waals surface area contributed by atoms with Crippen molar-refractivity contribution in [2.45, 2.75) is 66.2 Å². The van der Waals surface area contributed by atoms with Gasteiger partial charge >= 0.3 is 0 Å². The molecule has 0 saturated carbocycles. The molecule has 2 saturated heterocycles. The first-order valence-electron chi connectivity index (χ1n) is 18.4. The number of H-pyrrole nitrogens is 1. The van der Waals surface area contributed by atoms with Crippen molar-refractivity contribution >= 4 is 56.9 Å². The minimum Gasteiger partial charge on any atom is -0.351 e. The summed E-state index contributed by atoms with van der Waals surface area (Å²) in [7, 11) is 4.12. The van der Waals surface area contributed by atoms with E-state index in [4.69, 9.17) is 26.7 Å². The fourth-order valence-electron chi connectivity index (χ4n) is 7.76. The molecule has 278 valence electrons. The summed E-state index contributed by atoms with van der Waals surface area (Å²) >= 11 is 7.23. The van der Waals surface area contributed by atoms with Gasteiger partial charge in [0.1, 0.15) is 11.3 Å². The Labute approximate surface area is 316 Å². The van der Waals surface area contributed by atoms with Crippen molar-refractivity contribution in [1.82, 2.24) is 30.0 Å². The second-order valence-electron chi connectivity index (χ2n) is 15.0. The van der Waals surface area contributed by atoms with Gasteiger partial charge in [0.05, 0.1) is 15.9 Å². The fraction of sp³-hybridized carbons (Fsp3) is 0.415. The molecule has 10 nitrogen and oxygen atoms in total. The first-order chi connectivity index (χ1) is 25.3. The van der Waals surface area contributed by atoms with Gasteiger partial charge in [0.15, 0.2) is 11.6 Å². The Kier molecular flexibility index (Phi) is 9.84. The molecule has 0 bridgehead atoms. The molecule has 4 heterocycles. The zero-order chi connectivity index (χ0) is 37.9. The van der Waals surface area contributed by atoms with Crippen LogP contribution in [0.4, 0.5) is 22.0 Å². The van der Waals surface area contributed by atoms with Crippen LogP contribution in [0.1, 0.15) is 43.0 Å². The number of carbonyl (C=O) groups excluding carboxylic acids is 1. The van der Waals surface area contributed by atoms with Crippen molar-refractivity contribution in [1.29, 1.82) is 0 Å². The number of fused-ring (bicyclic) bond motifs is 2. The number of hydrogen-bond donors (Lipinski definition) is 1. The Bertz CT molecular complexity index is 2230. The Hall–Kier alpha value is -4.74. The molecule has 2 aromatic heterocycles. The van der Waals surface area contributed by atoms with Crippen LogP contribution >= 0.6 is 11.6 Å². The summed E-state index contributed by atoms with van der Waals surface area (Å²) in [5.41, 5.74) is 6.52. The molecule has 5 aromatic rings. The Morgan fingerprint density at radius 2 is 1.74 bits per heavy atom. The van der Waals surface area contributed by atoms with Gasteiger partial charge in [-0.15, -0.1) is 0 Å². The third-order valence-electron chi connectivity index (χ3n) is 11.2. The molecule has 2 atom stereocenters. The highest BCUT2D eigenvalue weighted by Gasteiger charge is 2.36. The number of carbonyl (C=O) groups is 1. The van der Waals surface area contributed by atoms with Gasteiger partial charge in [0.2, 0.25) is 11.9 Å². The summed E-state index contributed by atoms with van der Waals surface area (Å²) in [6.07, 6.45) is 1.36. The van der Waals surface area contributed by atoms with Gasteiger partial charge in [-0.05, 0) is 96.1 Å². The van der Waals surface area contributed by atoms with Crippen LogP contribution in [0, 0.1) is 26.6 Å².